The summed E-state index contributed by atoms with van der Waals surface area (Å²) in [6, 6.07) is 22.7. The molecule has 0 bridgehead atoms. The van der Waals surface area contributed by atoms with Crippen LogP contribution >= 0.6 is 23.2 Å². The molecule has 272 valence electrons. The number of hydrogen-bond donors (Lipinski definition) is 1. The van der Waals surface area contributed by atoms with Gasteiger partial charge >= 0.3 is 0 Å². The summed E-state index contributed by atoms with van der Waals surface area (Å²) in [5.41, 5.74) is 3.97. The Bertz CT molecular complexity index is 1700. The van der Waals surface area contributed by atoms with Crippen molar-refractivity contribution in [1.29, 1.82) is 0 Å². The van der Waals surface area contributed by atoms with Gasteiger partial charge in [0, 0.05) is 67.8 Å². The van der Waals surface area contributed by atoms with Crippen molar-refractivity contribution in [3.63, 3.8) is 0 Å². The van der Waals surface area contributed by atoms with Crippen LogP contribution < -0.4 is 14.5 Å². The second-order valence-corrected chi connectivity index (χ2v) is 13.2. The SMILES string of the molecule is CCN1CCCO/C1=N\c1ccc(N2CCN(c3ccc(OCC4COC(Cn5cncn5)(c5ccc(Cl)cc5Cl)O4)cc3)CC2)cc1.CCO. The summed E-state index contributed by atoms with van der Waals surface area (Å²) in [5, 5.41) is 12.8. The standard InChI is InChI=1S/C35H39Cl2N7O4.C2H6O/c1-2-41-14-3-19-45-34(41)40-27-5-7-28(8-6-27)42-15-17-43(18-16-42)29-9-11-30(12-10-29)46-21-31-22-47-35(48-31,23-44-25-38-24-39-44)32-13-4-26(36)20-33(32)37;1-2-3/h4-13,20,24-25,31H,2-3,14-19,21-23H2,1H3;3H,2H2,1H3/b40-34-;. The predicted molar refractivity (Wildman–Crippen MR) is 199 cm³/mol. The van der Waals surface area contributed by atoms with Gasteiger partial charge in [-0.15, -0.1) is 0 Å². The van der Waals surface area contributed by atoms with E-state index in [4.69, 9.17) is 52.2 Å². The number of piperazine rings is 1. The van der Waals surface area contributed by atoms with Crippen LogP contribution in [-0.2, 0) is 26.5 Å². The molecule has 2 unspecified atom stereocenters. The first-order chi connectivity index (χ1) is 24.9. The number of aliphatic hydroxyl groups excluding tert-OH is 1. The van der Waals surface area contributed by atoms with Crippen LogP contribution in [-0.4, -0.2) is 103 Å². The van der Waals surface area contributed by atoms with Crippen molar-refractivity contribution < 1.29 is 24.1 Å². The van der Waals surface area contributed by atoms with Crippen molar-refractivity contribution in [3.8, 4) is 5.75 Å². The zero-order chi connectivity index (χ0) is 35.6. The molecule has 0 amide bonds. The molecule has 3 saturated heterocycles. The van der Waals surface area contributed by atoms with Crippen LogP contribution in [0.15, 0.2) is 84.4 Å². The molecule has 7 rings (SSSR count). The Kier molecular flexibility index (Phi) is 12.5. The van der Waals surface area contributed by atoms with Crippen molar-refractivity contribution in [3.05, 3.63) is 95.0 Å². The third-order valence-electron chi connectivity index (χ3n) is 8.85. The summed E-state index contributed by atoms with van der Waals surface area (Å²) < 4.78 is 26.4. The lowest BCUT2D eigenvalue weighted by atomic mass is 10.1. The number of amidine groups is 1. The first kappa shape index (κ1) is 36.7. The lowest BCUT2D eigenvalue weighted by molar-refractivity contribution is -0.190. The molecule has 1 N–H and O–H groups in total. The molecule has 3 aromatic carbocycles. The molecule has 51 heavy (non-hydrogen) atoms. The number of hydrogen-bond acceptors (Lipinski definition) is 10. The number of benzene rings is 3. The Morgan fingerprint density at radius 3 is 2.25 bits per heavy atom. The third kappa shape index (κ3) is 9.24. The average Bonchev–Trinajstić information content (AvgIpc) is 3.82. The van der Waals surface area contributed by atoms with E-state index >= 15 is 0 Å². The van der Waals surface area contributed by atoms with Gasteiger partial charge in [-0.05, 0) is 80.9 Å². The molecule has 0 radical (unpaired) electrons. The van der Waals surface area contributed by atoms with E-state index in [1.54, 1.807) is 30.1 Å². The molecule has 2 atom stereocenters. The number of aliphatic hydroxyl groups is 1. The van der Waals surface area contributed by atoms with Gasteiger partial charge in [-0.2, -0.15) is 10.1 Å². The van der Waals surface area contributed by atoms with Gasteiger partial charge < -0.3 is 38.8 Å². The quantitative estimate of drug-likeness (QED) is 0.209. The maximum absolute atomic E-state index is 7.57. The van der Waals surface area contributed by atoms with E-state index in [0.29, 0.717) is 28.8 Å². The van der Waals surface area contributed by atoms with Crippen LogP contribution in [0.25, 0.3) is 0 Å². The normalized spacial score (nSPS) is 21.3. The van der Waals surface area contributed by atoms with Gasteiger partial charge in [0.2, 0.25) is 5.79 Å². The predicted octanol–water partition coefficient (Wildman–Crippen LogP) is 5.99. The Hall–Kier alpha value is -4.07. The highest BCUT2D eigenvalue weighted by atomic mass is 35.5. The maximum Gasteiger partial charge on any atom is 0.292 e. The molecule has 3 aliphatic rings. The van der Waals surface area contributed by atoms with Crippen molar-refractivity contribution in [2.45, 2.75) is 38.7 Å². The Morgan fingerprint density at radius 2 is 1.63 bits per heavy atom. The van der Waals surface area contributed by atoms with E-state index in [1.165, 1.54) is 17.7 Å². The number of nitrogens with zero attached hydrogens (tertiary/aromatic N) is 7. The second-order valence-electron chi connectivity index (χ2n) is 12.3. The highest BCUT2D eigenvalue weighted by molar-refractivity contribution is 6.35. The minimum atomic E-state index is -1.15. The smallest absolute Gasteiger partial charge is 0.292 e. The van der Waals surface area contributed by atoms with Gasteiger partial charge in [0.25, 0.3) is 6.02 Å². The summed E-state index contributed by atoms with van der Waals surface area (Å²) in [6.45, 7) is 11.3. The van der Waals surface area contributed by atoms with Crippen molar-refractivity contribution in [2.75, 3.05) is 75.5 Å². The zero-order valence-electron chi connectivity index (χ0n) is 29.0. The van der Waals surface area contributed by atoms with Crippen LogP contribution in [0, 0.1) is 0 Å². The monoisotopic (exact) mass is 737 g/mol. The second kappa shape index (κ2) is 17.4. The van der Waals surface area contributed by atoms with E-state index in [0.717, 1.165) is 69.8 Å². The maximum atomic E-state index is 7.57. The highest BCUT2D eigenvalue weighted by Gasteiger charge is 2.45. The fourth-order valence-corrected chi connectivity index (χ4v) is 6.85. The summed E-state index contributed by atoms with van der Waals surface area (Å²) in [5.74, 6) is -0.379. The van der Waals surface area contributed by atoms with Crippen molar-refractivity contribution in [1.82, 2.24) is 19.7 Å². The lowest BCUT2D eigenvalue weighted by Gasteiger charge is -2.37. The average molecular weight is 739 g/mol. The van der Waals surface area contributed by atoms with E-state index in [1.807, 2.05) is 18.2 Å². The Morgan fingerprint density at radius 1 is 0.941 bits per heavy atom. The van der Waals surface area contributed by atoms with Gasteiger partial charge in [0.15, 0.2) is 0 Å². The lowest BCUT2D eigenvalue weighted by Crippen LogP contribution is -2.46. The van der Waals surface area contributed by atoms with Gasteiger partial charge in [-0.3, -0.25) is 0 Å². The summed E-state index contributed by atoms with van der Waals surface area (Å²) in [6.07, 6.45) is 3.81. The fraction of sp³-hybridized carbons (Fsp3) is 0.432. The van der Waals surface area contributed by atoms with Crippen LogP contribution in [0.5, 0.6) is 5.75 Å². The van der Waals surface area contributed by atoms with Gasteiger partial charge in [-0.25, -0.2) is 9.67 Å². The van der Waals surface area contributed by atoms with Crippen molar-refractivity contribution in [2.24, 2.45) is 4.99 Å². The van der Waals surface area contributed by atoms with E-state index in [-0.39, 0.29) is 19.3 Å². The highest BCUT2D eigenvalue weighted by Crippen LogP contribution is 2.40. The number of halogens is 2. The van der Waals surface area contributed by atoms with Crippen molar-refractivity contribution >= 4 is 46.3 Å². The van der Waals surface area contributed by atoms with E-state index < -0.39 is 5.79 Å². The molecule has 0 spiro atoms. The number of anilines is 2. The topological polar surface area (TPSA) is 110 Å². The summed E-state index contributed by atoms with van der Waals surface area (Å²) in [4.78, 5) is 15.8. The Balaban J connectivity index is 0.00000144. The van der Waals surface area contributed by atoms with Gasteiger partial charge in [0.05, 0.1) is 23.9 Å². The minimum Gasteiger partial charge on any atom is -0.491 e. The fourth-order valence-electron chi connectivity index (χ4n) is 6.30. The molecule has 4 heterocycles. The summed E-state index contributed by atoms with van der Waals surface area (Å²) >= 11 is 12.7. The Labute approximate surface area is 309 Å². The molecule has 3 fully saturated rings. The van der Waals surface area contributed by atoms with Crippen LogP contribution in [0.1, 0.15) is 25.8 Å². The van der Waals surface area contributed by atoms with E-state index in [9.17, 15) is 0 Å². The number of rotatable bonds is 10. The number of aromatic nitrogens is 3. The first-order valence-corrected chi connectivity index (χ1v) is 18.1. The third-order valence-corrected chi connectivity index (χ3v) is 9.40. The molecule has 4 aromatic rings. The number of aliphatic imine (C=N–C) groups is 1. The minimum absolute atomic E-state index is 0.250. The van der Waals surface area contributed by atoms with Crippen LogP contribution in [0.2, 0.25) is 10.0 Å². The number of ether oxygens (including phenoxy) is 4. The molecule has 1 aromatic heterocycles. The molecule has 3 aliphatic heterocycles. The summed E-state index contributed by atoms with van der Waals surface area (Å²) in [7, 11) is 0. The van der Waals surface area contributed by atoms with Gasteiger partial charge in [0.1, 0.15) is 37.7 Å². The molecule has 12 nitrogen and oxygen atoms in total. The molecular formula is C37H45Cl2N7O5. The molecule has 0 aliphatic carbocycles. The largest absolute Gasteiger partial charge is 0.491 e. The zero-order valence-corrected chi connectivity index (χ0v) is 30.5. The molecule has 0 saturated carbocycles. The van der Waals surface area contributed by atoms with E-state index in [2.05, 4.69) is 68.1 Å². The van der Waals surface area contributed by atoms with Crippen LogP contribution in [0.4, 0.5) is 17.1 Å². The molecule has 14 heteroatoms. The first-order valence-electron chi connectivity index (χ1n) is 17.4. The molecular weight excluding hydrogens is 693 g/mol. The van der Waals surface area contributed by atoms with Gasteiger partial charge in [-0.1, -0.05) is 29.3 Å². The van der Waals surface area contributed by atoms with Crippen LogP contribution in [0.3, 0.4) is 0 Å².